The number of rotatable bonds is 4. The van der Waals surface area contributed by atoms with Crippen molar-refractivity contribution in [3.63, 3.8) is 0 Å². The van der Waals surface area contributed by atoms with Crippen LogP contribution in [0.25, 0.3) is 0 Å². The number of aromatic nitrogens is 2. The number of hydrogen-bond donors (Lipinski definition) is 0. The molecule has 0 saturated carbocycles. The van der Waals surface area contributed by atoms with Crippen molar-refractivity contribution in [2.24, 2.45) is 5.92 Å². The molecule has 4 rings (SSSR count). The van der Waals surface area contributed by atoms with Crippen molar-refractivity contribution >= 4 is 11.9 Å². The van der Waals surface area contributed by atoms with E-state index in [1.807, 2.05) is 23.1 Å². The van der Waals surface area contributed by atoms with Gasteiger partial charge >= 0.3 is 0 Å². The Morgan fingerprint density at radius 2 is 1.92 bits per heavy atom. The van der Waals surface area contributed by atoms with Gasteiger partial charge in [0.1, 0.15) is 5.76 Å². The van der Waals surface area contributed by atoms with Crippen molar-refractivity contribution in [3.8, 4) is 0 Å². The van der Waals surface area contributed by atoms with E-state index in [-0.39, 0.29) is 5.92 Å². The first kappa shape index (κ1) is 17.0. The van der Waals surface area contributed by atoms with Crippen LogP contribution in [-0.4, -0.2) is 64.9 Å². The van der Waals surface area contributed by atoms with Gasteiger partial charge in [-0.2, -0.15) is 0 Å². The number of amides is 1. The molecule has 2 aliphatic rings. The van der Waals surface area contributed by atoms with E-state index in [1.54, 1.807) is 18.7 Å². The fourth-order valence-electron chi connectivity index (χ4n) is 3.86. The van der Waals surface area contributed by atoms with Crippen LogP contribution < -0.4 is 4.90 Å². The Hall–Kier alpha value is -2.41. The van der Waals surface area contributed by atoms with E-state index in [1.165, 1.54) is 0 Å². The van der Waals surface area contributed by atoms with Gasteiger partial charge in [-0.1, -0.05) is 0 Å². The molecule has 2 aliphatic heterocycles. The van der Waals surface area contributed by atoms with Crippen LogP contribution in [0.5, 0.6) is 0 Å². The summed E-state index contributed by atoms with van der Waals surface area (Å²) in [6.45, 7) is 5.70. The number of piperidine rings is 1. The summed E-state index contributed by atoms with van der Waals surface area (Å²) in [5, 5.41) is 0. The fourth-order valence-corrected chi connectivity index (χ4v) is 3.86. The van der Waals surface area contributed by atoms with Gasteiger partial charge in [0.15, 0.2) is 0 Å². The van der Waals surface area contributed by atoms with E-state index >= 15 is 0 Å². The third-order valence-corrected chi connectivity index (χ3v) is 5.24. The first-order chi connectivity index (χ1) is 12.8. The second kappa shape index (κ2) is 7.86. The molecule has 1 atom stereocenters. The zero-order chi connectivity index (χ0) is 17.8. The van der Waals surface area contributed by atoms with Gasteiger partial charge in [0, 0.05) is 45.1 Å². The fraction of sp³-hybridized carbons (Fsp3) is 0.526. The average Bonchev–Trinajstić information content (AvgIpc) is 3.21. The minimum absolute atomic E-state index is 0.0956. The summed E-state index contributed by atoms with van der Waals surface area (Å²) in [5.74, 6) is 2.11. The molecule has 2 aromatic rings. The van der Waals surface area contributed by atoms with Crippen LogP contribution in [0.15, 0.2) is 41.3 Å². The SMILES string of the molecule is O=C(C1CCCN(Cc2ccco2)C1)N1CCN(c2ncccn2)CC1. The highest BCUT2D eigenvalue weighted by atomic mass is 16.3. The number of piperazine rings is 1. The van der Waals surface area contributed by atoms with Gasteiger partial charge in [-0.05, 0) is 37.6 Å². The van der Waals surface area contributed by atoms with Crippen LogP contribution in [0.3, 0.4) is 0 Å². The van der Waals surface area contributed by atoms with Crippen LogP contribution >= 0.6 is 0 Å². The molecule has 1 unspecified atom stereocenters. The van der Waals surface area contributed by atoms with Gasteiger partial charge in [-0.3, -0.25) is 9.69 Å². The maximum Gasteiger partial charge on any atom is 0.227 e. The second-order valence-corrected chi connectivity index (χ2v) is 7.01. The Balaban J connectivity index is 1.30. The van der Waals surface area contributed by atoms with Crippen LogP contribution in [0.2, 0.25) is 0 Å². The van der Waals surface area contributed by atoms with Gasteiger partial charge < -0.3 is 14.2 Å². The maximum atomic E-state index is 13.0. The van der Waals surface area contributed by atoms with Crippen molar-refractivity contribution in [3.05, 3.63) is 42.6 Å². The van der Waals surface area contributed by atoms with Crippen LogP contribution in [0, 0.1) is 5.92 Å². The predicted octanol–water partition coefficient (Wildman–Crippen LogP) is 1.63. The smallest absolute Gasteiger partial charge is 0.227 e. The monoisotopic (exact) mass is 355 g/mol. The van der Waals surface area contributed by atoms with Crippen LogP contribution in [0.1, 0.15) is 18.6 Å². The molecule has 2 saturated heterocycles. The highest BCUT2D eigenvalue weighted by Gasteiger charge is 2.31. The molecule has 0 aromatic carbocycles. The second-order valence-electron chi connectivity index (χ2n) is 7.01. The van der Waals surface area contributed by atoms with Crippen molar-refractivity contribution in [1.29, 1.82) is 0 Å². The van der Waals surface area contributed by atoms with E-state index in [2.05, 4.69) is 19.8 Å². The molecule has 7 heteroatoms. The molecule has 2 fully saturated rings. The van der Waals surface area contributed by atoms with E-state index in [9.17, 15) is 4.79 Å². The third-order valence-electron chi connectivity index (χ3n) is 5.24. The number of furan rings is 1. The molecule has 4 heterocycles. The number of nitrogens with zero attached hydrogens (tertiary/aromatic N) is 5. The standard InChI is InChI=1S/C19H25N5O2/c25-18(16-4-1-8-22(14-16)15-17-5-2-13-26-17)23-9-11-24(12-10-23)19-20-6-3-7-21-19/h2-3,5-7,13,16H,1,4,8-12,14-15H2. The van der Waals surface area contributed by atoms with Crippen LogP contribution in [-0.2, 0) is 11.3 Å². The van der Waals surface area contributed by atoms with Crippen molar-refractivity contribution in [2.45, 2.75) is 19.4 Å². The quantitative estimate of drug-likeness (QED) is 0.831. The zero-order valence-corrected chi connectivity index (χ0v) is 15.0. The molecule has 0 spiro atoms. The topological polar surface area (TPSA) is 65.7 Å². The normalized spacial score (nSPS) is 21.8. The first-order valence-corrected chi connectivity index (χ1v) is 9.35. The molecule has 26 heavy (non-hydrogen) atoms. The number of carbonyl (C=O) groups excluding carboxylic acids is 1. The van der Waals surface area contributed by atoms with Gasteiger partial charge in [0.2, 0.25) is 11.9 Å². The lowest BCUT2D eigenvalue weighted by atomic mass is 9.96. The summed E-state index contributed by atoms with van der Waals surface area (Å²) in [4.78, 5) is 28.1. The molecule has 0 radical (unpaired) electrons. The maximum absolute atomic E-state index is 13.0. The summed E-state index contributed by atoms with van der Waals surface area (Å²) in [5.41, 5.74) is 0. The molecule has 0 bridgehead atoms. The van der Waals surface area contributed by atoms with Gasteiger partial charge in [-0.25, -0.2) is 9.97 Å². The Labute approximate surface area is 153 Å². The Kier molecular flexibility index (Phi) is 5.15. The molecule has 2 aromatic heterocycles. The van der Waals surface area contributed by atoms with E-state index in [0.29, 0.717) is 5.91 Å². The zero-order valence-electron chi connectivity index (χ0n) is 15.0. The molecule has 1 amide bonds. The molecular weight excluding hydrogens is 330 g/mol. The highest BCUT2D eigenvalue weighted by Crippen LogP contribution is 2.22. The summed E-state index contributed by atoms with van der Waals surface area (Å²) in [6.07, 6.45) is 7.27. The number of hydrogen-bond acceptors (Lipinski definition) is 6. The first-order valence-electron chi connectivity index (χ1n) is 9.35. The largest absolute Gasteiger partial charge is 0.468 e. The molecular formula is C19H25N5O2. The van der Waals surface area contributed by atoms with E-state index in [0.717, 1.165) is 70.4 Å². The summed E-state index contributed by atoms with van der Waals surface area (Å²) >= 11 is 0. The van der Waals surface area contributed by atoms with Crippen molar-refractivity contribution < 1.29 is 9.21 Å². The molecule has 0 aliphatic carbocycles. The lowest BCUT2D eigenvalue weighted by Crippen LogP contribution is -2.52. The Morgan fingerprint density at radius 3 is 2.65 bits per heavy atom. The van der Waals surface area contributed by atoms with E-state index in [4.69, 9.17) is 4.42 Å². The summed E-state index contributed by atoms with van der Waals surface area (Å²) < 4.78 is 5.45. The van der Waals surface area contributed by atoms with E-state index < -0.39 is 0 Å². The Bertz CT molecular complexity index is 698. The lowest BCUT2D eigenvalue weighted by molar-refractivity contribution is -0.137. The average molecular weight is 355 g/mol. The minimum Gasteiger partial charge on any atom is -0.468 e. The van der Waals surface area contributed by atoms with Crippen LogP contribution in [0.4, 0.5) is 5.95 Å². The third kappa shape index (κ3) is 3.88. The van der Waals surface area contributed by atoms with Gasteiger partial charge in [-0.15, -0.1) is 0 Å². The predicted molar refractivity (Wildman–Crippen MR) is 97.5 cm³/mol. The Morgan fingerprint density at radius 1 is 1.12 bits per heavy atom. The molecule has 0 N–H and O–H groups in total. The number of carbonyl (C=O) groups is 1. The summed E-state index contributed by atoms with van der Waals surface area (Å²) in [7, 11) is 0. The number of anilines is 1. The highest BCUT2D eigenvalue weighted by molar-refractivity contribution is 5.79. The minimum atomic E-state index is 0.0956. The molecule has 138 valence electrons. The van der Waals surface area contributed by atoms with Crippen molar-refractivity contribution in [2.75, 3.05) is 44.2 Å². The van der Waals surface area contributed by atoms with Crippen molar-refractivity contribution in [1.82, 2.24) is 19.8 Å². The number of likely N-dealkylation sites (tertiary alicyclic amines) is 1. The summed E-state index contributed by atoms with van der Waals surface area (Å²) in [6, 6.07) is 5.73. The van der Waals surface area contributed by atoms with Gasteiger partial charge in [0.25, 0.3) is 0 Å². The van der Waals surface area contributed by atoms with Gasteiger partial charge in [0.05, 0.1) is 18.7 Å². The lowest BCUT2D eigenvalue weighted by Gasteiger charge is -2.38. The molecule has 7 nitrogen and oxygen atoms in total.